The molecule has 0 N–H and O–H groups in total. The van der Waals surface area contributed by atoms with Gasteiger partial charge in [0.2, 0.25) is 0 Å². The van der Waals surface area contributed by atoms with E-state index in [1.807, 2.05) is 41.8 Å². The molecular weight excluding hydrogens is 232 g/mol. The van der Waals surface area contributed by atoms with E-state index in [1.54, 1.807) is 23.3 Å². The van der Waals surface area contributed by atoms with Crippen LogP contribution in [0.2, 0.25) is 0 Å². The standard InChI is InChI=1S/C13H12N2OS/c1-16-12-6-4-11(5-7-12)15(10-14)9-13-3-2-8-17-13/h2-8H,9H2,1H3. The first kappa shape index (κ1) is 11.5. The molecule has 0 aliphatic carbocycles. The van der Waals surface area contributed by atoms with Gasteiger partial charge in [-0.25, -0.2) is 0 Å². The molecule has 3 nitrogen and oxygen atoms in total. The zero-order valence-corrected chi connectivity index (χ0v) is 10.3. The van der Waals surface area contributed by atoms with E-state index in [9.17, 15) is 0 Å². The Bertz CT molecular complexity index is 499. The van der Waals surface area contributed by atoms with Gasteiger partial charge < -0.3 is 4.74 Å². The van der Waals surface area contributed by atoms with Crippen LogP contribution in [0.4, 0.5) is 5.69 Å². The monoisotopic (exact) mass is 244 g/mol. The number of nitrogens with zero attached hydrogens (tertiary/aromatic N) is 2. The summed E-state index contributed by atoms with van der Waals surface area (Å²) in [6.07, 6.45) is 2.19. The van der Waals surface area contributed by atoms with Crippen LogP contribution < -0.4 is 9.64 Å². The van der Waals surface area contributed by atoms with Crippen LogP contribution in [0.25, 0.3) is 0 Å². The van der Waals surface area contributed by atoms with Crippen molar-refractivity contribution in [3.8, 4) is 11.9 Å². The maximum Gasteiger partial charge on any atom is 0.184 e. The molecule has 4 heteroatoms. The lowest BCUT2D eigenvalue weighted by molar-refractivity contribution is 0.415. The number of rotatable bonds is 4. The molecular formula is C13H12N2OS. The van der Waals surface area contributed by atoms with Crippen LogP contribution in [0, 0.1) is 11.5 Å². The van der Waals surface area contributed by atoms with Crippen LogP contribution in [0.3, 0.4) is 0 Å². The van der Waals surface area contributed by atoms with Gasteiger partial charge in [0.15, 0.2) is 6.19 Å². The molecule has 0 atom stereocenters. The molecule has 17 heavy (non-hydrogen) atoms. The summed E-state index contributed by atoms with van der Waals surface area (Å²) in [4.78, 5) is 2.83. The van der Waals surface area contributed by atoms with Gasteiger partial charge in [-0.3, -0.25) is 4.90 Å². The lowest BCUT2D eigenvalue weighted by Crippen LogP contribution is -2.14. The average molecular weight is 244 g/mol. The van der Waals surface area contributed by atoms with Gasteiger partial charge in [-0.2, -0.15) is 5.26 Å². The molecule has 86 valence electrons. The van der Waals surface area contributed by atoms with Gasteiger partial charge in [-0.1, -0.05) is 6.07 Å². The molecule has 0 amide bonds. The summed E-state index contributed by atoms with van der Waals surface area (Å²) in [6, 6.07) is 11.5. The molecule has 0 saturated carbocycles. The van der Waals surface area contributed by atoms with Crippen LogP contribution >= 0.6 is 11.3 Å². The van der Waals surface area contributed by atoms with Gasteiger partial charge in [-0.15, -0.1) is 11.3 Å². The fourth-order valence-electron chi connectivity index (χ4n) is 1.50. The van der Waals surface area contributed by atoms with Gasteiger partial charge >= 0.3 is 0 Å². The minimum atomic E-state index is 0.612. The topological polar surface area (TPSA) is 36.3 Å². The van der Waals surface area contributed by atoms with Crippen molar-refractivity contribution in [2.75, 3.05) is 12.0 Å². The summed E-state index contributed by atoms with van der Waals surface area (Å²) >= 11 is 1.65. The largest absolute Gasteiger partial charge is 0.497 e. The van der Waals surface area contributed by atoms with E-state index < -0.39 is 0 Å². The van der Waals surface area contributed by atoms with Crippen molar-refractivity contribution in [1.82, 2.24) is 0 Å². The fraction of sp³-hybridized carbons (Fsp3) is 0.154. The third-order valence-corrected chi connectivity index (χ3v) is 3.26. The van der Waals surface area contributed by atoms with Crippen LogP contribution in [0.5, 0.6) is 5.75 Å². The summed E-state index contributed by atoms with van der Waals surface area (Å²) in [5.41, 5.74) is 0.877. The number of methoxy groups -OCH3 is 1. The van der Waals surface area contributed by atoms with Crippen LogP contribution in [-0.2, 0) is 6.54 Å². The molecule has 0 fully saturated rings. The van der Waals surface area contributed by atoms with Crippen molar-refractivity contribution in [3.05, 3.63) is 46.7 Å². The lowest BCUT2D eigenvalue weighted by atomic mass is 10.2. The Kier molecular flexibility index (Phi) is 3.63. The maximum atomic E-state index is 9.15. The summed E-state index contributed by atoms with van der Waals surface area (Å²) in [5.74, 6) is 0.794. The summed E-state index contributed by atoms with van der Waals surface area (Å²) in [5, 5.41) is 11.2. The van der Waals surface area contributed by atoms with Crippen molar-refractivity contribution in [1.29, 1.82) is 5.26 Å². The van der Waals surface area contributed by atoms with Crippen molar-refractivity contribution >= 4 is 17.0 Å². The Labute approximate surface area is 104 Å². The number of benzene rings is 1. The highest BCUT2D eigenvalue weighted by Crippen LogP contribution is 2.21. The number of thiophene rings is 1. The third kappa shape index (κ3) is 2.77. The van der Waals surface area contributed by atoms with E-state index in [0.717, 1.165) is 11.4 Å². The number of hydrogen-bond donors (Lipinski definition) is 0. The van der Waals surface area contributed by atoms with E-state index in [4.69, 9.17) is 10.00 Å². The van der Waals surface area contributed by atoms with Crippen LogP contribution in [0.1, 0.15) is 4.88 Å². The molecule has 0 spiro atoms. The first-order valence-electron chi connectivity index (χ1n) is 5.17. The second kappa shape index (κ2) is 5.37. The van der Waals surface area contributed by atoms with Crippen molar-refractivity contribution in [3.63, 3.8) is 0 Å². The van der Waals surface area contributed by atoms with Gasteiger partial charge in [0, 0.05) is 4.88 Å². The highest BCUT2D eigenvalue weighted by Gasteiger charge is 2.07. The minimum absolute atomic E-state index is 0.612. The zero-order chi connectivity index (χ0) is 12.1. The Hall–Kier alpha value is -1.99. The molecule has 1 heterocycles. The molecule has 0 radical (unpaired) electrons. The second-order valence-electron chi connectivity index (χ2n) is 3.46. The van der Waals surface area contributed by atoms with E-state index in [0.29, 0.717) is 6.54 Å². The van der Waals surface area contributed by atoms with Crippen molar-refractivity contribution in [2.24, 2.45) is 0 Å². The fourth-order valence-corrected chi connectivity index (χ4v) is 2.20. The van der Waals surface area contributed by atoms with E-state index in [1.165, 1.54) is 4.88 Å². The molecule has 0 bridgehead atoms. The van der Waals surface area contributed by atoms with Crippen LogP contribution in [-0.4, -0.2) is 7.11 Å². The summed E-state index contributed by atoms with van der Waals surface area (Å²) in [7, 11) is 1.63. The minimum Gasteiger partial charge on any atom is -0.497 e. The zero-order valence-electron chi connectivity index (χ0n) is 9.46. The normalized spacial score (nSPS) is 9.65. The van der Waals surface area contributed by atoms with Gasteiger partial charge in [0.1, 0.15) is 5.75 Å². The Balaban J connectivity index is 2.15. The molecule has 0 saturated heterocycles. The number of ether oxygens (including phenoxy) is 1. The first-order valence-corrected chi connectivity index (χ1v) is 6.05. The van der Waals surface area contributed by atoms with Gasteiger partial charge in [0.25, 0.3) is 0 Å². The van der Waals surface area contributed by atoms with Gasteiger partial charge in [0.05, 0.1) is 19.3 Å². The molecule has 0 unspecified atom stereocenters. The Morgan fingerprint density at radius 3 is 2.59 bits per heavy atom. The highest BCUT2D eigenvalue weighted by atomic mass is 32.1. The molecule has 1 aromatic carbocycles. The lowest BCUT2D eigenvalue weighted by Gasteiger charge is -2.14. The summed E-state index contributed by atoms with van der Waals surface area (Å²) in [6.45, 7) is 0.612. The molecule has 2 rings (SSSR count). The quantitative estimate of drug-likeness (QED) is 0.612. The number of hydrogen-bond acceptors (Lipinski definition) is 4. The molecule has 0 aliphatic rings. The van der Waals surface area contributed by atoms with Crippen LogP contribution in [0.15, 0.2) is 41.8 Å². The predicted molar refractivity (Wildman–Crippen MR) is 69.1 cm³/mol. The predicted octanol–water partition coefficient (Wildman–Crippen LogP) is 3.24. The SMILES string of the molecule is COc1ccc(N(C#N)Cc2cccs2)cc1. The number of anilines is 1. The van der Waals surface area contributed by atoms with Gasteiger partial charge in [-0.05, 0) is 35.7 Å². The number of nitriles is 1. The molecule has 2 aromatic rings. The summed E-state index contributed by atoms with van der Waals surface area (Å²) < 4.78 is 5.09. The third-order valence-electron chi connectivity index (χ3n) is 2.40. The maximum absolute atomic E-state index is 9.15. The van der Waals surface area contributed by atoms with Crippen molar-refractivity contribution < 1.29 is 4.74 Å². The second-order valence-corrected chi connectivity index (χ2v) is 4.50. The van der Waals surface area contributed by atoms with E-state index in [-0.39, 0.29) is 0 Å². The first-order chi connectivity index (χ1) is 8.33. The Morgan fingerprint density at radius 1 is 1.29 bits per heavy atom. The van der Waals surface area contributed by atoms with E-state index in [2.05, 4.69) is 6.19 Å². The molecule has 0 aliphatic heterocycles. The highest BCUT2D eigenvalue weighted by molar-refractivity contribution is 7.09. The van der Waals surface area contributed by atoms with Crippen molar-refractivity contribution in [2.45, 2.75) is 6.54 Å². The molecule has 1 aromatic heterocycles. The van der Waals surface area contributed by atoms with E-state index >= 15 is 0 Å². The Morgan fingerprint density at radius 2 is 2.06 bits per heavy atom. The smallest absolute Gasteiger partial charge is 0.184 e. The average Bonchev–Trinajstić information content (AvgIpc) is 2.89.